The lowest BCUT2D eigenvalue weighted by atomic mass is 10.0. The van der Waals surface area contributed by atoms with E-state index >= 15 is 0 Å². The van der Waals surface area contributed by atoms with Crippen LogP contribution < -0.4 is 16.4 Å². The van der Waals surface area contributed by atoms with E-state index in [1.165, 1.54) is 0 Å². The van der Waals surface area contributed by atoms with Gasteiger partial charge in [0.2, 0.25) is 11.8 Å². The summed E-state index contributed by atoms with van der Waals surface area (Å²) in [6, 6.07) is 3.29. The molecule has 0 aromatic heterocycles. The van der Waals surface area contributed by atoms with Crippen LogP contribution in [0.5, 0.6) is 0 Å². The Morgan fingerprint density at radius 2 is 1.88 bits per heavy atom. The number of nitrogens with two attached hydrogens (primary N) is 1. The second kappa shape index (κ2) is 4.08. The van der Waals surface area contributed by atoms with Gasteiger partial charge in [-0.15, -0.1) is 0 Å². The van der Waals surface area contributed by atoms with Crippen LogP contribution in [0, 0.1) is 13.8 Å². The number of hydrogen-bond acceptors (Lipinski definition) is 3. The van der Waals surface area contributed by atoms with E-state index in [-0.39, 0.29) is 12.3 Å². The highest BCUT2D eigenvalue weighted by Gasteiger charge is 2.26. The molecule has 2 amide bonds. The van der Waals surface area contributed by atoms with E-state index in [9.17, 15) is 9.59 Å². The number of rotatable bonds is 2. The summed E-state index contributed by atoms with van der Waals surface area (Å²) in [7, 11) is 0. The maximum Gasteiger partial charge on any atom is 0.247 e. The molecule has 0 saturated carbocycles. The molecule has 5 heteroatoms. The van der Waals surface area contributed by atoms with Crippen molar-refractivity contribution in [3.63, 3.8) is 0 Å². The van der Waals surface area contributed by atoms with Gasteiger partial charge in [0.25, 0.3) is 0 Å². The van der Waals surface area contributed by atoms with Gasteiger partial charge in [-0.3, -0.25) is 9.59 Å². The van der Waals surface area contributed by atoms with E-state index in [0.29, 0.717) is 0 Å². The summed E-state index contributed by atoms with van der Waals surface area (Å²) in [6.45, 7) is 3.98. The summed E-state index contributed by atoms with van der Waals surface area (Å²) >= 11 is 0. The standard InChI is InChI=1S/C12H15N3O2/c1-6-3-8-9(4-7(6)2)15-12(17)10(14-8)5-11(13)16/h3-4,10,14H,5H2,1-2H3,(H2,13,16)(H,15,17)/t10-/m1/s1. The molecule has 17 heavy (non-hydrogen) atoms. The van der Waals surface area contributed by atoms with Crippen LogP contribution >= 0.6 is 0 Å². The zero-order valence-corrected chi connectivity index (χ0v) is 9.83. The summed E-state index contributed by atoms with van der Waals surface area (Å²) < 4.78 is 0. The summed E-state index contributed by atoms with van der Waals surface area (Å²) in [4.78, 5) is 22.6. The number of carbonyl (C=O) groups excluding carboxylic acids is 2. The molecule has 0 radical (unpaired) electrons. The van der Waals surface area contributed by atoms with E-state index in [2.05, 4.69) is 10.6 Å². The minimum absolute atomic E-state index is 0.00179. The van der Waals surface area contributed by atoms with Crippen LogP contribution in [0.25, 0.3) is 0 Å². The highest BCUT2D eigenvalue weighted by Crippen LogP contribution is 2.30. The lowest BCUT2D eigenvalue weighted by Crippen LogP contribution is -2.41. The number of nitrogens with one attached hydrogen (secondary N) is 2. The van der Waals surface area contributed by atoms with E-state index in [0.717, 1.165) is 22.5 Å². The average molecular weight is 233 g/mol. The molecular formula is C12H15N3O2. The lowest BCUT2D eigenvalue weighted by Gasteiger charge is -2.27. The van der Waals surface area contributed by atoms with E-state index in [1.54, 1.807) is 0 Å². The minimum Gasteiger partial charge on any atom is -0.372 e. The van der Waals surface area contributed by atoms with Crippen molar-refractivity contribution >= 4 is 23.2 Å². The van der Waals surface area contributed by atoms with Gasteiger partial charge in [-0.05, 0) is 37.1 Å². The summed E-state index contributed by atoms with van der Waals surface area (Å²) in [5.41, 5.74) is 8.92. The molecule has 5 nitrogen and oxygen atoms in total. The number of benzene rings is 1. The van der Waals surface area contributed by atoms with Gasteiger partial charge in [0, 0.05) is 0 Å². The van der Waals surface area contributed by atoms with Crippen LogP contribution in [-0.2, 0) is 9.59 Å². The SMILES string of the molecule is Cc1cc2c(cc1C)N[C@H](CC(N)=O)C(=O)N2. The topological polar surface area (TPSA) is 84.2 Å². The van der Waals surface area contributed by atoms with Crippen LogP contribution in [0.4, 0.5) is 11.4 Å². The second-order valence-electron chi connectivity index (χ2n) is 4.34. The summed E-state index contributed by atoms with van der Waals surface area (Å²) in [5.74, 6) is -0.718. The number of primary amides is 1. The first kappa shape index (κ1) is 11.4. The monoisotopic (exact) mass is 233 g/mol. The van der Waals surface area contributed by atoms with Crippen molar-refractivity contribution in [2.75, 3.05) is 10.6 Å². The minimum atomic E-state index is -0.581. The highest BCUT2D eigenvalue weighted by atomic mass is 16.2. The third kappa shape index (κ3) is 2.22. The molecule has 1 aliphatic rings. The Labute approximate surface area is 99.4 Å². The molecule has 0 bridgehead atoms. The largest absolute Gasteiger partial charge is 0.372 e. The number of carbonyl (C=O) groups is 2. The van der Waals surface area contributed by atoms with Gasteiger partial charge in [0.1, 0.15) is 6.04 Å². The molecule has 1 atom stereocenters. The zero-order valence-electron chi connectivity index (χ0n) is 9.83. The Balaban J connectivity index is 2.31. The molecule has 0 aliphatic carbocycles. The Kier molecular flexibility index (Phi) is 2.75. The van der Waals surface area contributed by atoms with Gasteiger partial charge in [-0.25, -0.2) is 0 Å². The number of amides is 2. The number of hydrogen-bond donors (Lipinski definition) is 3. The number of fused-ring (bicyclic) bond motifs is 1. The van der Waals surface area contributed by atoms with E-state index in [4.69, 9.17) is 5.73 Å². The average Bonchev–Trinajstić information content (AvgIpc) is 2.22. The molecule has 1 heterocycles. The van der Waals surface area contributed by atoms with Gasteiger partial charge in [-0.1, -0.05) is 0 Å². The fourth-order valence-corrected chi connectivity index (χ4v) is 1.86. The van der Waals surface area contributed by atoms with Crippen molar-refractivity contribution in [1.82, 2.24) is 0 Å². The van der Waals surface area contributed by atoms with Gasteiger partial charge in [-0.2, -0.15) is 0 Å². The molecule has 0 saturated heterocycles. The maximum atomic E-state index is 11.7. The van der Waals surface area contributed by atoms with Gasteiger partial charge in [0.05, 0.1) is 17.8 Å². The maximum absolute atomic E-state index is 11.7. The Morgan fingerprint density at radius 3 is 2.47 bits per heavy atom. The number of aryl methyl sites for hydroxylation is 2. The van der Waals surface area contributed by atoms with Crippen LogP contribution in [0.15, 0.2) is 12.1 Å². The lowest BCUT2D eigenvalue weighted by molar-refractivity contribution is -0.123. The van der Waals surface area contributed by atoms with Crippen molar-refractivity contribution in [2.45, 2.75) is 26.3 Å². The van der Waals surface area contributed by atoms with E-state index < -0.39 is 11.9 Å². The second-order valence-corrected chi connectivity index (χ2v) is 4.34. The zero-order chi connectivity index (χ0) is 12.6. The van der Waals surface area contributed by atoms with Crippen molar-refractivity contribution in [2.24, 2.45) is 5.73 Å². The van der Waals surface area contributed by atoms with Crippen LogP contribution in [0.2, 0.25) is 0 Å². The fraction of sp³-hybridized carbons (Fsp3) is 0.333. The highest BCUT2D eigenvalue weighted by molar-refractivity contribution is 6.04. The first-order valence-corrected chi connectivity index (χ1v) is 5.44. The molecule has 4 N–H and O–H groups in total. The smallest absolute Gasteiger partial charge is 0.247 e. The molecule has 0 unspecified atom stereocenters. The molecule has 0 fully saturated rings. The third-order valence-corrected chi connectivity index (χ3v) is 2.94. The van der Waals surface area contributed by atoms with Crippen molar-refractivity contribution in [1.29, 1.82) is 0 Å². The molecule has 0 spiro atoms. The third-order valence-electron chi connectivity index (χ3n) is 2.94. The van der Waals surface area contributed by atoms with Crippen LogP contribution in [-0.4, -0.2) is 17.9 Å². The molecular weight excluding hydrogens is 218 g/mol. The Morgan fingerprint density at radius 1 is 1.29 bits per heavy atom. The Hall–Kier alpha value is -2.04. The number of anilines is 2. The van der Waals surface area contributed by atoms with Crippen molar-refractivity contribution < 1.29 is 9.59 Å². The molecule has 1 aromatic rings. The predicted molar refractivity (Wildman–Crippen MR) is 65.8 cm³/mol. The molecule has 90 valence electrons. The van der Waals surface area contributed by atoms with Gasteiger partial charge < -0.3 is 16.4 Å². The first-order valence-electron chi connectivity index (χ1n) is 5.44. The van der Waals surface area contributed by atoms with Crippen LogP contribution in [0.3, 0.4) is 0 Å². The fourth-order valence-electron chi connectivity index (χ4n) is 1.86. The normalized spacial score (nSPS) is 18.0. The molecule has 2 rings (SSSR count). The quantitative estimate of drug-likeness (QED) is 0.710. The van der Waals surface area contributed by atoms with Crippen molar-refractivity contribution in [3.05, 3.63) is 23.3 Å². The molecule has 1 aliphatic heterocycles. The summed E-state index contributed by atoms with van der Waals surface area (Å²) in [5, 5.41) is 5.81. The van der Waals surface area contributed by atoms with Crippen molar-refractivity contribution in [3.8, 4) is 0 Å². The van der Waals surface area contributed by atoms with Gasteiger partial charge >= 0.3 is 0 Å². The van der Waals surface area contributed by atoms with Gasteiger partial charge in [0.15, 0.2) is 0 Å². The Bertz CT molecular complexity index is 497. The predicted octanol–water partition coefficient (Wildman–Crippen LogP) is 0.911. The molecule has 1 aromatic carbocycles. The van der Waals surface area contributed by atoms with Crippen LogP contribution in [0.1, 0.15) is 17.5 Å². The summed E-state index contributed by atoms with van der Waals surface area (Å²) in [6.07, 6.45) is -0.00179. The first-order chi connectivity index (χ1) is 7.97. The van der Waals surface area contributed by atoms with E-state index in [1.807, 2.05) is 26.0 Å².